The highest BCUT2D eigenvalue weighted by Gasteiger charge is 2.38. The van der Waals surface area contributed by atoms with Gasteiger partial charge in [0.15, 0.2) is 0 Å². The first-order valence-corrected chi connectivity index (χ1v) is 6.97. The zero-order valence-corrected chi connectivity index (χ0v) is 12.2. The number of nitrogens with one attached hydrogen (secondary N) is 1. The van der Waals surface area contributed by atoms with E-state index in [2.05, 4.69) is 9.98 Å². The summed E-state index contributed by atoms with van der Waals surface area (Å²) in [6.45, 7) is 3.39. The summed E-state index contributed by atoms with van der Waals surface area (Å²) in [4.78, 5) is 30.3. The number of H-pyrrole nitrogens is 1. The number of carbonyl (C=O) groups is 2. The summed E-state index contributed by atoms with van der Waals surface area (Å²) in [5.41, 5.74) is 2.65. The van der Waals surface area contributed by atoms with Gasteiger partial charge in [0, 0.05) is 23.7 Å². The number of nitrogens with zero attached hydrogens (tertiary/aromatic N) is 1. The van der Waals surface area contributed by atoms with E-state index in [4.69, 9.17) is 0 Å². The van der Waals surface area contributed by atoms with Crippen LogP contribution in [0.25, 0.3) is 0 Å². The molecule has 3 rings (SSSR count). The Morgan fingerprint density at radius 3 is 2.77 bits per heavy atom. The maximum Gasteiger partial charge on any atom is 0.337 e. The van der Waals surface area contributed by atoms with Gasteiger partial charge in [0.25, 0.3) is 0 Å². The van der Waals surface area contributed by atoms with Crippen molar-refractivity contribution in [1.82, 2.24) is 4.98 Å². The average molecular weight is 302 g/mol. The van der Waals surface area contributed by atoms with Crippen molar-refractivity contribution in [3.63, 3.8) is 0 Å². The van der Waals surface area contributed by atoms with Gasteiger partial charge in [-0.3, -0.25) is 4.79 Å². The van der Waals surface area contributed by atoms with Gasteiger partial charge in [0.2, 0.25) is 5.91 Å². The monoisotopic (exact) mass is 302 g/mol. The van der Waals surface area contributed by atoms with E-state index in [0.29, 0.717) is 29.1 Å². The molecule has 0 spiro atoms. The summed E-state index contributed by atoms with van der Waals surface area (Å²) in [5.74, 6) is -2.55. The van der Waals surface area contributed by atoms with Gasteiger partial charge < -0.3 is 10.1 Å². The van der Waals surface area contributed by atoms with Crippen LogP contribution in [0.5, 0.6) is 0 Å². The highest BCUT2D eigenvalue weighted by atomic mass is 19.1. The largest absolute Gasteiger partial charge is 0.478 e. The van der Waals surface area contributed by atoms with Crippen LogP contribution in [0.3, 0.4) is 0 Å². The van der Waals surface area contributed by atoms with E-state index in [0.717, 1.165) is 0 Å². The van der Waals surface area contributed by atoms with Crippen molar-refractivity contribution in [2.75, 3.05) is 0 Å². The molecule has 1 aliphatic heterocycles. The highest BCUT2D eigenvalue weighted by molar-refractivity contribution is 6.12. The van der Waals surface area contributed by atoms with Crippen molar-refractivity contribution in [3.05, 3.63) is 46.6 Å². The fourth-order valence-electron chi connectivity index (χ4n) is 3.16. The van der Waals surface area contributed by atoms with Crippen LogP contribution in [-0.2, 0) is 11.2 Å². The molecule has 1 aromatic heterocycles. The molecule has 1 aliphatic carbocycles. The first kappa shape index (κ1) is 14.4. The van der Waals surface area contributed by atoms with Crippen molar-refractivity contribution in [3.8, 4) is 0 Å². The molecule has 114 valence electrons. The molecule has 0 saturated carbocycles. The van der Waals surface area contributed by atoms with Crippen LogP contribution in [0.2, 0.25) is 0 Å². The van der Waals surface area contributed by atoms with E-state index in [1.165, 1.54) is 18.2 Å². The maximum atomic E-state index is 13.4. The molecule has 1 amide bonds. The lowest BCUT2D eigenvalue weighted by Crippen LogP contribution is -2.23. The Morgan fingerprint density at radius 2 is 2.14 bits per heavy atom. The van der Waals surface area contributed by atoms with Crippen molar-refractivity contribution in [2.24, 2.45) is 16.8 Å². The SMILES string of the molecule is Cc1[nH]c(C[C@@H]2C(=O)N=C3C=CC(F)=C[C@@H]32)c(C)c1C(=O)O. The predicted molar refractivity (Wildman–Crippen MR) is 78.7 cm³/mol. The van der Waals surface area contributed by atoms with Gasteiger partial charge in [0.05, 0.1) is 17.2 Å². The summed E-state index contributed by atoms with van der Waals surface area (Å²) in [5, 5.41) is 9.22. The van der Waals surface area contributed by atoms with Crippen LogP contribution in [0.4, 0.5) is 4.39 Å². The minimum atomic E-state index is -1.00. The molecule has 0 aromatic carbocycles. The number of aromatic amines is 1. The van der Waals surface area contributed by atoms with Crippen LogP contribution in [-0.4, -0.2) is 27.7 Å². The van der Waals surface area contributed by atoms with E-state index in [-0.39, 0.29) is 23.2 Å². The summed E-state index contributed by atoms with van der Waals surface area (Å²) < 4.78 is 13.4. The number of hydrogen-bond acceptors (Lipinski definition) is 2. The van der Waals surface area contributed by atoms with Gasteiger partial charge in [-0.2, -0.15) is 0 Å². The number of aromatic nitrogens is 1. The number of aromatic carboxylic acids is 1. The highest BCUT2D eigenvalue weighted by Crippen LogP contribution is 2.33. The summed E-state index contributed by atoms with van der Waals surface area (Å²) >= 11 is 0. The Kier molecular flexibility index (Phi) is 3.31. The number of hydrogen-bond donors (Lipinski definition) is 2. The second-order valence-corrected chi connectivity index (χ2v) is 5.63. The molecule has 6 heteroatoms. The molecule has 5 nitrogen and oxygen atoms in total. The van der Waals surface area contributed by atoms with Crippen LogP contribution in [0, 0.1) is 25.7 Å². The normalized spacial score (nSPS) is 23.3. The standard InChI is InChI=1S/C16H15FN2O3/c1-7-13(18-8(2)14(7)16(21)22)6-11-10-5-9(17)3-4-12(10)19-15(11)20/h3-5,10-11,18H,6H2,1-2H3,(H,21,22)/t10-,11+/m1/s1. The number of carbonyl (C=O) groups excluding carboxylic acids is 1. The Hall–Kier alpha value is -2.50. The van der Waals surface area contributed by atoms with Crippen LogP contribution in [0.1, 0.15) is 27.3 Å². The molecule has 0 bridgehead atoms. The molecule has 0 radical (unpaired) electrons. The van der Waals surface area contributed by atoms with Crippen molar-refractivity contribution in [2.45, 2.75) is 20.3 Å². The maximum absolute atomic E-state index is 13.4. The molecule has 2 atom stereocenters. The molecule has 2 aliphatic rings. The summed E-state index contributed by atoms with van der Waals surface area (Å²) in [7, 11) is 0. The van der Waals surface area contributed by atoms with Gasteiger partial charge in [-0.25, -0.2) is 14.2 Å². The molecular weight excluding hydrogens is 287 g/mol. The zero-order chi connectivity index (χ0) is 16.0. The van der Waals surface area contributed by atoms with Crippen LogP contribution >= 0.6 is 0 Å². The number of carboxylic acid groups (broad SMARTS) is 1. The molecule has 0 fully saturated rings. The van der Waals surface area contributed by atoms with E-state index < -0.39 is 11.9 Å². The first-order valence-electron chi connectivity index (χ1n) is 6.97. The van der Waals surface area contributed by atoms with Gasteiger partial charge in [-0.1, -0.05) is 0 Å². The second-order valence-electron chi connectivity index (χ2n) is 5.63. The molecule has 2 N–H and O–H groups in total. The van der Waals surface area contributed by atoms with E-state index in [1.807, 2.05) is 0 Å². The zero-order valence-electron chi connectivity index (χ0n) is 12.2. The lowest BCUT2D eigenvalue weighted by Gasteiger charge is -2.17. The van der Waals surface area contributed by atoms with Gasteiger partial charge >= 0.3 is 5.97 Å². The van der Waals surface area contributed by atoms with Gasteiger partial charge in [-0.15, -0.1) is 0 Å². The Morgan fingerprint density at radius 1 is 1.41 bits per heavy atom. The van der Waals surface area contributed by atoms with Gasteiger partial charge in [-0.05, 0) is 37.6 Å². The number of aryl methyl sites for hydroxylation is 1. The average Bonchev–Trinajstić information content (AvgIpc) is 2.88. The quantitative estimate of drug-likeness (QED) is 0.900. The Balaban J connectivity index is 1.91. The minimum Gasteiger partial charge on any atom is -0.478 e. The molecule has 2 heterocycles. The van der Waals surface area contributed by atoms with E-state index in [1.54, 1.807) is 13.8 Å². The van der Waals surface area contributed by atoms with Crippen molar-refractivity contribution >= 4 is 17.6 Å². The molecular formula is C16H15FN2O3. The fourth-order valence-corrected chi connectivity index (χ4v) is 3.16. The predicted octanol–water partition coefficient (Wildman–Crippen LogP) is 2.51. The Labute approximate surface area is 126 Å². The fraction of sp³-hybridized carbons (Fsp3) is 0.312. The van der Waals surface area contributed by atoms with Crippen molar-refractivity contribution < 1.29 is 19.1 Å². The molecule has 22 heavy (non-hydrogen) atoms. The van der Waals surface area contributed by atoms with Crippen molar-refractivity contribution in [1.29, 1.82) is 0 Å². The first-order chi connectivity index (χ1) is 10.4. The summed E-state index contributed by atoms with van der Waals surface area (Å²) in [6, 6.07) is 0. The van der Waals surface area contributed by atoms with Crippen LogP contribution < -0.4 is 0 Å². The smallest absolute Gasteiger partial charge is 0.337 e. The minimum absolute atomic E-state index is 0.229. The molecule has 1 aromatic rings. The van der Waals surface area contributed by atoms with Crippen LogP contribution in [0.15, 0.2) is 29.0 Å². The Bertz CT molecular complexity index is 771. The second kappa shape index (κ2) is 5.05. The number of fused-ring (bicyclic) bond motifs is 1. The van der Waals surface area contributed by atoms with E-state index in [9.17, 15) is 19.1 Å². The molecule has 0 unspecified atom stereocenters. The van der Waals surface area contributed by atoms with Gasteiger partial charge in [0.1, 0.15) is 5.83 Å². The number of aliphatic imine (C=N–C) groups is 1. The molecule has 0 saturated heterocycles. The summed E-state index contributed by atoms with van der Waals surface area (Å²) in [6.07, 6.45) is 4.52. The topological polar surface area (TPSA) is 82.5 Å². The third kappa shape index (κ3) is 2.20. The number of carboxylic acids is 1. The number of allylic oxidation sites excluding steroid dienone is 4. The third-order valence-corrected chi connectivity index (χ3v) is 4.26. The lowest BCUT2D eigenvalue weighted by molar-refractivity contribution is -0.121. The number of amides is 1. The van der Waals surface area contributed by atoms with E-state index >= 15 is 0 Å². The number of halogens is 1. The third-order valence-electron chi connectivity index (χ3n) is 4.26. The lowest BCUT2D eigenvalue weighted by atomic mass is 9.84. The number of rotatable bonds is 3.